The van der Waals surface area contributed by atoms with Gasteiger partial charge in [0.25, 0.3) is 0 Å². The zero-order valence-electron chi connectivity index (χ0n) is 13.0. The topological polar surface area (TPSA) is 29.1 Å². The van der Waals surface area contributed by atoms with Crippen LogP contribution in [0.15, 0.2) is 60.7 Å². The molecule has 2 aromatic rings. The summed E-state index contributed by atoms with van der Waals surface area (Å²) < 4.78 is 0. The van der Waals surface area contributed by atoms with Crippen LogP contribution in [-0.2, 0) is 4.79 Å². The van der Waals surface area contributed by atoms with Gasteiger partial charge in [0, 0.05) is 23.6 Å². The molecule has 0 aliphatic carbocycles. The van der Waals surface area contributed by atoms with Crippen molar-refractivity contribution in [3.63, 3.8) is 0 Å². The van der Waals surface area contributed by atoms with E-state index in [0.29, 0.717) is 12.3 Å². The molecule has 2 nitrogen and oxygen atoms in total. The number of carbonyl (C=O) groups excluding carboxylic acids is 1. The SMILES string of the molecule is CC(C)[C@H](C#Cc1ccccc1)CC(=O)Nc1ccccc1. The third kappa shape index (κ3) is 5.10. The first kappa shape index (κ1) is 15.9. The van der Waals surface area contributed by atoms with Crippen LogP contribution in [0.4, 0.5) is 5.69 Å². The molecule has 0 aliphatic heterocycles. The number of rotatable bonds is 4. The lowest BCUT2D eigenvalue weighted by Gasteiger charge is -2.14. The molecule has 0 heterocycles. The van der Waals surface area contributed by atoms with E-state index in [0.717, 1.165) is 11.3 Å². The van der Waals surface area contributed by atoms with Crippen LogP contribution in [0, 0.1) is 23.7 Å². The maximum Gasteiger partial charge on any atom is 0.225 e. The maximum absolute atomic E-state index is 12.2. The lowest BCUT2D eigenvalue weighted by atomic mass is 9.92. The van der Waals surface area contributed by atoms with Crippen molar-refractivity contribution >= 4 is 11.6 Å². The van der Waals surface area contributed by atoms with Gasteiger partial charge in [-0.25, -0.2) is 0 Å². The summed E-state index contributed by atoms with van der Waals surface area (Å²) in [7, 11) is 0. The number of anilines is 1. The number of hydrogen-bond donors (Lipinski definition) is 1. The molecule has 0 spiro atoms. The van der Waals surface area contributed by atoms with Gasteiger partial charge in [0.2, 0.25) is 5.91 Å². The van der Waals surface area contributed by atoms with Crippen LogP contribution in [0.1, 0.15) is 25.8 Å². The lowest BCUT2D eigenvalue weighted by molar-refractivity contribution is -0.117. The van der Waals surface area contributed by atoms with Gasteiger partial charge in [-0.1, -0.05) is 62.1 Å². The van der Waals surface area contributed by atoms with E-state index in [1.54, 1.807) is 0 Å². The Labute approximate surface area is 132 Å². The zero-order chi connectivity index (χ0) is 15.8. The molecule has 0 saturated carbocycles. The van der Waals surface area contributed by atoms with Gasteiger partial charge in [-0.15, -0.1) is 0 Å². The maximum atomic E-state index is 12.2. The average molecular weight is 291 g/mol. The predicted molar refractivity (Wildman–Crippen MR) is 91.3 cm³/mol. The van der Waals surface area contributed by atoms with Gasteiger partial charge < -0.3 is 5.32 Å². The van der Waals surface area contributed by atoms with Crippen LogP contribution in [0.2, 0.25) is 0 Å². The van der Waals surface area contributed by atoms with E-state index in [-0.39, 0.29) is 11.8 Å². The number of nitrogens with one attached hydrogen (secondary N) is 1. The Kier molecular flexibility index (Phi) is 5.80. The number of para-hydroxylation sites is 1. The van der Waals surface area contributed by atoms with E-state index >= 15 is 0 Å². The lowest BCUT2D eigenvalue weighted by Crippen LogP contribution is -2.18. The highest BCUT2D eigenvalue weighted by Gasteiger charge is 2.15. The Hall–Kier alpha value is -2.53. The van der Waals surface area contributed by atoms with Crippen molar-refractivity contribution < 1.29 is 4.79 Å². The summed E-state index contributed by atoms with van der Waals surface area (Å²) in [6.07, 6.45) is 0.409. The van der Waals surface area contributed by atoms with Gasteiger partial charge >= 0.3 is 0 Å². The van der Waals surface area contributed by atoms with Crippen molar-refractivity contribution in [1.29, 1.82) is 0 Å². The molecule has 2 aromatic carbocycles. The third-order valence-electron chi connectivity index (χ3n) is 3.44. The van der Waals surface area contributed by atoms with Crippen molar-refractivity contribution in [3.05, 3.63) is 66.2 Å². The molecule has 1 atom stereocenters. The van der Waals surface area contributed by atoms with Gasteiger partial charge in [0.15, 0.2) is 0 Å². The predicted octanol–water partition coefficient (Wildman–Crippen LogP) is 4.34. The molecular weight excluding hydrogens is 270 g/mol. The summed E-state index contributed by atoms with van der Waals surface area (Å²) in [5.41, 5.74) is 1.81. The van der Waals surface area contributed by atoms with E-state index in [1.807, 2.05) is 60.7 Å². The largest absolute Gasteiger partial charge is 0.326 e. The Balaban J connectivity index is 2.00. The number of carbonyl (C=O) groups is 1. The minimum Gasteiger partial charge on any atom is -0.326 e. The average Bonchev–Trinajstić information content (AvgIpc) is 2.53. The Morgan fingerprint density at radius 1 is 1.00 bits per heavy atom. The molecule has 1 N–H and O–H groups in total. The second-order valence-corrected chi connectivity index (χ2v) is 5.60. The summed E-state index contributed by atoms with van der Waals surface area (Å²) in [6, 6.07) is 19.4. The Bertz CT molecular complexity index is 650. The highest BCUT2D eigenvalue weighted by Crippen LogP contribution is 2.16. The Morgan fingerprint density at radius 3 is 2.18 bits per heavy atom. The monoisotopic (exact) mass is 291 g/mol. The van der Waals surface area contributed by atoms with E-state index in [9.17, 15) is 4.79 Å². The molecule has 0 bridgehead atoms. The molecule has 0 radical (unpaired) electrons. The standard InChI is InChI=1S/C20H21NO/c1-16(2)18(14-13-17-9-5-3-6-10-17)15-20(22)21-19-11-7-4-8-12-19/h3-12,16,18H,15H2,1-2H3,(H,21,22)/t18-/m1/s1. The molecule has 0 aliphatic rings. The molecule has 2 rings (SSSR count). The quantitative estimate of drug-likeness (QED) is 0.834. The van der Waals surface area contributed by atoms with E-state index in [4.69, 9.17) is 0 Å². The normalized spacial score (nSPS) is 11.4. The van der Waals surface area contributed by atoms with Gasteiger partial charge in [-0.2, -0.15) is 0 Å². The van der Waals surface area contributed by atoms with Gasteiger partial charge in [-0.05, 0) is 30.2 Å². The summed E-state index contributed by atoms with van der Waals surface area (Å²) in [6.45, 7) is 4.19. The van der Waals surface area contributed by atoms with Crippen molar-refractivity contribution in [2.75, 3.05) is 5.32 Å². The Morgan fingerprint density at radius 2 is 1.59 bits per heavy atom. The second kappa shape index (κ2) is 8.05. The van der Waals surface area contributed by atoms with E-state index < -0.39 is 0 Å². The summed E-state index contributed by atoms with van der Waals surface area (Å²) in [4.78, 5) is 12.2. The molecule has 0 saturated heterocycles. The van der Waals surface area contributed by atoms with E-state index in [2.05, 4.69) is 31.0 Å². The van der Waals surface area contributed by atoms with Crippen molar-refractivity contribution in [2.45, 2.75) is 20.3 Å². The fourth-order valence-electron chi connectivity index (χ4n) is 2.08. The molecule has 22 heavy (non-hydrogen) atoms. The molecule has 0 fully saturated rings. The van der Waals surface area contributed by atoms with E-state index in [1.165, 1.54) is 0 Å². The molecule has 1 amide bonds. The molecular formula is C20H21NO. The molecule has 0 unspecified atom stereocenters. The summed E-state index contributed by atoms with van der Waals surface area (Å²) in [5, 5.41) is 2.92. The molecule has 112 valence electrons. The zero-order valence-corrected chi connectivity index (χ0v) is 13.0. The van der Waals surface area contributed by atoms with Crippen LogP contribution < -0.4 is 5.32 Å². The minimum absolute atomic E-state index is 0.00672. The van der Waals surface area contributed by atoms with Gasteiger partial charge in [0.05, 0.1) is 0 Å². The highest BCUT2D eigenvalue weighted by atomic mass is 16.1. The molecule has 2 heteroatoms. The first-order valence-electron chi connectivity index (χ1n) is 7.56. The number of hydrogen-bond acceptors (Lipinski definition) is 1. The highest BCUT2D eigenvalue weighted by molar-refractivity contribution is 5.91. The van der Waals surface area contributed by atoms with Crippen LogP contribution >= 0.6 is 0 Å². The van der Waals surface area contributed by atoms with Gasteiger partial charge in [-0.3, -0.25) is 4.79 Å². The third-order valence-corrected chi connectivity index (χ3v) is 3.44. The minimum atomic E-state index is 0.00672. The van der Waals surface area contributed by atoms with Crippen LogP contribution in [0.3, 0.4) is 0 Å². The van der Waals surface area contributed by atoms with Crippen molar-refractivity contribution in [2.24, 2.45) is 11.8 Å². The summed E-state index contributed by atoms with van der Waals surface area (Å²) in [5.74, 6) is 6.79. The number of benzene rings is 2. The van der Waals surface area contributed by atoms with Crippen LogP contribution in [-0.4, -0.2) is 5.91 Å². The smallest absolute Gasteiger partial charge is 0.225 e. The number of amides is 1. The first-order valence-corrected chi connectivity index (χ1v) is 7.56. The van der Waals surface area contributed by atoms with Crippen molar-refractivity contribution in [1.82, 2.24) is 0 Å². The van der Waals surface area contributed by atoms with Gasteiger partial charge in [0.1, 0.15) is 0 Å². The summed E-state index contributed by atoms with van der Waals surface area (Å²) >= 11 is 0. The van der Waals surface area contributed by atoms with Crippen LogP contribution in [0.5, 0.6) is 0 Å². The van der Waals surface area contributed by atoms with Crippen LogP contribution in [0.25, 0.3) is 0 Å². The first-order chi connectivity index (χ1) is 10.6. The molecule has 0 aromatic heterocycles. The second-order valence-electron chi connectivity index (χ2n) is 5.60. The fraction of sp³-hybridized carbons (Fsp3) is 0.250. The fourth-order valence-corrected chi connectivity index (χ4v) is 2.08. The van der Waals surface area contributed by atoms with Crippen molar-refractivity contribution in [3.8, 4) is 11.8 Å².